The Morgan fingerprint density at radius 3 is 2.89 bits per heavy atom. The van der Waals surface area contributed by atoms with Crippen molar-refractivity contribution >= 4 is 22.7 Å². The van der Waals surface area contributed by atoms with Crippen LogP contribution in [0.4, 0.5) is 11.4 Å². The molecule has 0 aliphatic rings. The van der Waals surface area contributed by atoms with Crippen LogP contribution in [0.25, 0.3) is 0 Å². The van der Waals surface area contributed by atoms with Crippen LogP contribution in [-0.4, -0.2) is 17.0 Å². The van der Waals surface area contributed by atoms with Crippen molar-refractivity contribution in [3.8, 4) is 5.75 Å². The van der Waals surface area contributed by atoms with Crippen LogP contribution in [0.5, 0.6) is 5.75 Å². The summed E-state index contributed by atoms with van der Waals surface area (Å²) in [7, 11) is 1.42. The number of nitrogens with zero attached hydrogens (tertiary/aromatic N) is 2. The van der Waals surface area contributed by atoms with Crippen molar-refractivity contribution < 1.29 is 9.66 Å². The maximum Gasteiger partial charge on any atom is 0.333 e. The number of anilines is 1. The van der Waals surface area contributed by atoms with Gasteiger partial charge in [-0.3, -0.25) is 10.1 Å². The van der Waals surface area contributed by atoms with Crippen molar-refractivity contribution in [2.24, 2.45) is 0 Å². The number of hydrogen-bond acceptors (Lipinski definition) is 6. The third kappa shape index (κ3) is 3.00. The van der Waals surface area contributed by atoms with Gasteiger partial charge < -0.3 is 10.1 Å². The zero-order valence-corrected chi connectivity index (χ0v) is 11.4. The average molecular weight is 279 g/mol. The first kappa shape index (κ1) is 13.3. The molecule has 100 valence electrons. The molecule has 1 aromatic heterocycles. The number of para-hydroxylation sites is 1. The second-order valence-electron chi connectivity index (χ2n) is 3.81. The van der Waals surface area contributed by atoms with E-state index >= 15 is 0 Å². The van der Waals surface area contributed by atoms with E-state index in [0.29, 0.717) is 12.2 Å². The van der Waals surface area contributed by atoms with E-state index < -0.39 is 4.92 Å². The van der Waals surface area contributed by atoms with Gasteiger partial charge in [-0.1, -0.05) is 6.07 Å². The van der Waals surface area contributed by atoms with Crippen LogP contribution in [0.15, 0.2) is 24.4 Å². The number of aryl methyl sites for hydroxylation is 1. The number of thiazole rings is 1. The van der Waals surface area contributed by atoms with Crippen LogP contribution < -0.4 is 10.1 Å². The maximum atomic E-state index is 11.1. The lowest BCUT2D eigenvalue weighted by Crippen LogP contribution is -2.03. The fourth-order valence-corrected chi connectivity index (χ4v) is 2.42. The van der Waals surface area contributed by atoms with Crippen LogP contribution >= 0.6 is 11.3 Å². The first-order valence-corrected chi connectivity index (χ1v) is 6.40. The van der Waals surface area contributed by atoms with Gasteiger partial charge in [0.15, 0.2) is 5.75 Å². The van der Waals surface area contributed by atoms with Crippen molar-refractivity contribution in [2.75, 3.05) is 12.4 Å². The second kappa shape index (κ2) is 5.66. The lowest BCUT2D eigenvalue weighted by molar-refractivity contribution is -0.384. The molecule has 0 bridgehead atoms. The maximum absolute atomic E-state index is 11.1. The highest BCUT2D eigenvalue weighted by atomic mass is 32.1. The summed E-state index contributed by atoms with van der Waals surface area (Å²) in [6, 6.07) is 4.95. The number of benzene rings is 1. The van der Waals surface area contributed by atoms with Crippen LogP contribution in [-0.2, 0) is 6.54 Å². The number of rotatable bonds is 5. The molecule has 2 rings (SSSR count). The fraction of sp³-hybridized carbons (Fsp3) is 0.250. The largest absolute Gasteiger partial charge is 0.490 e. The molecule has 1 N–H and O–H groups in total. The minimum atomic E-state index is -0.445. The molecule has 0 amide bonds. The van der Waals surface area contributed by atoms with Crippen LogP contribution in [0.1, 0.15) is 9.88 Å². The Kier molecular flexibility index (Phi) is 3.96. The van der Waals surface area contributed by atoms with E-state index in [1.165, 1.54) is 7.11 Å². The lowest BCUT2D eigenvalue weighted by Gasteiger charge is -2.08. The highest BCUT2D eigenvalue weighted by Gasteiger charge is 2.20. The molecule has 0 unspecified atom stereocenters. The Hall–Kier alpha value is -2.15. The minimum absolute atomic E-state index is 0.0498. The summed E-state index contributed by atoms with van der Waals surface area (Å²) < 4.78 is 5.01. The highest BCUT2D eigenvalue weighted by molar-refractivity contribution is 7.11. The average Bonchev–Trinajstić information content (AvgIpc) is 2.81. The van der Waals surface area contributed by atoms with Crippen LogP contribution in [0.2, 0.25) is 0 Å². The molecule has 0 aliphatic heterocycles. The number of ether oxygens (including phenoxy) is 1. The number of hydrogen-bond donors (Lipinski definition) is 1. The van der Waals surface area contributed by atoms with Crippen molar-refractivity contribution in [1.29, 1.82) is 0 Å². The molecule has 0 fully saturated rings. The minimum Gasteiger partial charge on any atom is -0.490 e. The Labute approximate surface area is 114 Å². The number of nitrogens with one attached hydrogen (secondary N) is 1. The Morgan fingerprint density at radius 2 is 2.32 bits per heavy atom. The van der Waals surface area contributed by atoms with E-state index in [9.17, 15) is 10.1 Å². The quantitative estimate of drug-likeness (QED) is 0.672. The van der Waals surface area contributed by atoms with Gasteiger partial charge in [0.05, 0.1) is 23.6 Å². The number of methoxy groups -OCH3 is 1. The van der Waals surface area contributed by atoms with E-state index in [1.807, 2.05) is 6.92 Å². The molecular formula is C12H13N3O3S. The van der Waals surface area contributed by atoms with Gasteiger partial charge in [0, 0.05) is 11.1 Å². The van der Waals surface area contributed by atoms with E-state index in [4.69, 9.17) is 4.74 Å². The lowest BCUT2D eigenvalue weighted by atomic mass is 10.2. The Morgan fingerprint density at radius 1 is 1.53 bits per heavy atom. The van der Waals surface area contributed by atoms with E-state index in [1.54, 1.807) is 35.7 Å². The molecule has 6 nitrogen and oxygen atoms in total. The fourth-order valence-electron chi connectivity index (χ4n) is 1.69. The molecule has 0 spiro atoms. The third-order valence-corrected chi connectivity index (χ3v) is 3.44. The third-order valence-electron chi connectivity index (χ3n) is 2.52. The van der Waals surface area contributed by atoms with Crippen LogP contribution in [0.3, 0.4) is 0 Å². The van der Waals surface area contributed by atoms with E-state index in [0.717, 1.165) is 9.88 Å². The smallest absolute Gasteiger partial charge is 0.333 e. The summed E-state index contributed by atoms with van der Waals surface area (Å²) in [4.78, 5) is 15.8. The summed E-state index contributed by atoms with van der Waals surface area (Å²) in [6.07, 6.45) is 1.76. The molecule has 0 radical (unpaired) electrons. The van der Waals surface area contributed by atoms with Gasteiger partial charge in [-0.05, 0) is 19.1 Å². The number of nitro groups is 1. The van der Waals surface area contributed by atoms with Gasteiger partial charge in [0.25, 0.3) is 0 Å². The van der Waals surface area contributed by atoms with Crippen molar-refractivity contribution in [2.45, 2.75) is 13.5 Å². The monoisotopic (exact) mass is 279 g/mol. The number of aromatic nitrogens is 1. The predicted octanol–water partition coefficient (Wildman–Crippen LogP) is 2.98. The summed E-state index contributed by atoms with van der Waals surface area (Å²) in [6.45, 7) is 2.42. The second-order valence-corrected chi connectivity index (χ2v) is 5.13. The molecule has 19 heavy (non-hydrogen) atoms. The molecule has 0 atom stereocenters. The normalized spacial score (nSPS) is 10.2. The molecule has 2 aromatic rings. The van der Waals surface area contributed by atoms with Crippen molar-refractivity contribution in [1.82, 2.24) is 4.98 Å². The molecule has 1 aromatic carbocycles. The van der Waals surface area contributed by atoms with E-state index in [2.05, 4.69) is 10.3 Å². The first-order valence-electron chi connectivity index (χ1n) is 5.58. The zero-order valence-electron chi connectivity index (χ0n) is 10.5. The van der Waals surface area contributed by atoms with Gasteiger partial charge >= 0.3 is 5.69 Å². The topological polar surface area (TPSA) is 77.3 Å². The molecule has 1 heterocycles. The van der Waals surface area contributed by atoms with Gasteiger partial charge in [-0.2, -0.15) is 0 Å². The van der Waals surface area contributed by atoms with Gasteiger partial charge in [-0.15, -0.1) is 11.3 Å². The Balaban J connectivity index is 2.22. The standard InChI is InChI=1S/C12H13N3O3S/c1-8-13-6-9(19-8)7-14-10-4-3-5-11(18-2)12(10)15(16)17/h3-6,14H,7H2,1-2H3. The molecule has 0 saturated heterocycles. The summed E-state index contributed by atoms with van der Waals surface area (Å²) in [5, 5.41) is 15.1. The van der Waals surface area contributed by atoms with Gasteiger partial charge in [0.2, 0.25) is 0 Å². The first-order chi connectivity index (χ1) is 9.11. The summed E-state index contributed by atoms with van der Waals surface area (Å²) in [5.74, 6) is 0.246. The Bertz CT molecular complexity index is 598. The molecule has 0 aliphatic carbocycles. The molecule has 0 saturated carbocycles. The van der Waals surface area contributed by atoms with Gasteiger partial charge in [0.1, 0.15) is 5.69 Å². The van der Waals surface area contributed by atoms with E-state index in [-0.39, 0.29) is 11.4 Å². The molecule has 7 heteroatoms. The van der Waals surface area contributed by atoms with Gasteiger partial charge in [-0.25, -0.2) is 4.98 Å². The zero-order chi connectivity index (χ0) is 13.8. The predicted molar refractivity (Wildman–Crippen MR) is 73.8 cm³/mol. The van der Waals surface area contributed by atoms with Crippen molar-refractivity contribution in [3.05, 3.63) is 44.4 Å². The SMILES string of the molecule is COc1cccc(NCc2cnc(C)s2)c1[N+](=O)[O-]. The summed E-state index contributed by atoms with van der Waals surface area (Å²) in [5.41, 5.74) is 0.390. The highest BCUT2D eigenvalue weighted by Crippen LogP contribution is 2.34. The van der Waals surface area contributed by atoms with Crippen molar-refractivity contribution in [3.63, 3.8) is 0 Å². The molecular weight excluding hydrogens is 266 g/mol. The van der Waals surface area contributed by atoms with Crippen LogP contribution in [0, 0.1) is 17.0 Å². The summed E-state index contributed by atoms with van der Waals surface area (Å²) >= 11 is 1.56. The number of nitro benzene ring substituents is 1.